The Kier molecular flexibility index (Phi) is 6.54. The summed E-state index contributed by atoms with van der Waals surface area (Å²) < 4.78 is 25.0. The van der Waals surface area contributed by atoms with Gasteiger partial charge in [0.2, 0.25) is 0 Å². The molecule has 0 radical (unpaired) electrons. The summed E-state index contributed by atoms with van der Waals surface area (Å²) in [6, 6.07) is 2.85. The Balaban J connectivity index is 1.88. The Labute approximate surface area is 137 Å². The van der Waals surface area contributed by atoms with Crippen LogP contribution >= 0.6 is 0 Å². The van der Waals surface area contributed by atoms with Gasteiger partial charge in [0.05, 0.1) is 13.2 Å². The normalized spacial score (nSPS) is 30.1. The van der Waals surface area contributed by atoms with Gasteiger partial charge in [-0.2, -0.15) is 0 Å². The molecule has 1 aliphatic rings. The summed E-state index contributed by atoms with van der Waals surface area (Å²) in [6.07, 6.45) is -7.74. The molecular weight excluding hydrogens is 328 g/mol. The molecule has 0 spiro atoms. The molecule has 0 aliphatic carbocycles. The Morgan fingerprint density at radius 3 is 2.62 bits per heavy atom. The number of ether oxygens (including phenoxy) is 4. The van der Waals surface area contributed by atoms with Gasteiger partial charge in [-0.05, 0) is 13.0 Å². The molecule has 1 aliphatic heterocycles. The molecule has 0 aromatic carbocycles. The molecule has 24 heavy (non-hydrogen) atoms. The maximum atomic E-state index is 11.1. The Bertz CT molecular complexity index is 527. The van der Waals surface area contributed by atoms with Crippen LogP contribution in [0.25, 0.3) is 0 Å². The van der Waals surface area contributed by atoms with Crippen molar-refractivity contribution in [3.8, 4) is 5.95 Å². The van der Waals surface area contributed by atoms with Crippen molar-refractivity contribution in [2.75, 3.05) is 13.2 Å². The van der Waals surface area contributed by atoms with E-state index in [-0.39, 0.29) is 24.9 Å². The lowest BCUT2D eigenvalue weighted by atomic mass is 9.99. The molecule has 10 nitrogen and oxygen atoms in total. The third kappa shape index (κ3) is 4.44. The number of aliphatic hydroxyl groups is 4. The van der Waals surface area contributed by atoms with Crippen molar-refractivity contribution in [1.29, 1.82) is 0 Å². The number of rotatable bonds is 6. The molecule has 2 rings (SSSR count). The number of carbonyl (C=O) groups excluding carboxylic acids is 1. The Morgan fingerprint density at radius 2 is 1.96 bits per heavy atom. The first kappa shape index (κ1) is 18.6. The van der Waals surface area contributed by atoms with Crippen molar-refractivity contribution >= 4 is 6.16 Å². The lowest BCUT2D eigenvalue weighted by Gasteiger charge is -2.39. The van der Waals surface area contributed by atoms with E-state index in [1.807, 2.05) is 0 Å². The summed E-state index contributed by atoms with van der Waals surface area (Å²) in [7, 11) is 0. The van der Waals surface area contributed by atoms with E-state index in [1.165, 1.54) is 12.1 Å². The fourth-order valence-electron chi connectivity index (χ4n) is 2.09. The van der Waals surface area contributed by atoms with Gasteiger partial charge in [-0.25, -0.2) is 4.79 Å². The SMILES string of the molecule is CCOC(=O)Oc1ccc(CO[C@H]2O[C@H](CO)[C@@H](O)[C@H](O)[C@H]2O)o1. The van der Waals surface area contributed by atoms with Gasteiger partial charge in [0.25, 0.3) is 5.95 Å². The van der Waals surface area contributed by atoms with E-state index in [4.69, 9.17) is 23.7 Å². The van der Waals surface area contributed by atoms with E-state index in [9.17, 15) is 20.1 Å². The van der Waals surface area contributed by atoms with Crippen molar-refractivity contribution in [1.82, 2.24) is 0 Å². The molecule has 136 valence electrons. The zero-order chi connectivity index (χ0) is 17.7. The van der Waals surface area contributed by atoms with Crippen LogP contribution in [0.4, 0.5) is 4.79 Å². The van der Waals surface area contributed by atoms with Gasteiger partial charge >= 0.3 is 6.16 Å². The molecule has 2 heterocycles. The predicted octanol–water partition coefficient (Wildman–Crippen LogP) is -0.869. The molecule has 1 aromatic heterocycles. The maximum Gasteiger partial charge on any atom is 0.516 e. The van der Waals surface area contributed by atoms with Crippen LogP contribution in [0.15, 0.2) is 16.5 Å². The number of carbonyl (C=O) groups is 1. The second-order valence-electron chi connectivity index (χ2n) is 5.01. The molecule has 0 bridgehead atoms. The van der Waals surface area contributed by atoms with E-state index in [0.717, 1.165) is 0 Å². The molecule has 5 atom stereocenters. The third-order valence-electron chi connectivity index (χ3n) is 3.32. The maximum absolute atomic E-state index is 11.1. The number of furan rings is 1. The summed E-state index contributed by atoms with van der Waals surface area (Å²) in [5.74, 6) is 0.159. The largest absolute Gasteiger partial charge is 0.516 e. The van der Waals surface area contributed by atoms with Crippen LogP contribution in [0.5, 0.6) is 5.95 Å². The van der Waals surface area contributed by atoms with Crippen LogP contribution in [0.3, 0.4) is 0 Å². The summed E-state index contributed by atoms with van der Waals surface area (Å²) in [6.45, 7) is 1.06. The minimum Gasteiger partial charge on any atom is -0.434 e. The number of hydrogen-bond acceptors (Lipinski definition) is 10. The Hall–Kier alpha value is -1.69. The van der Waals surface area contributed by atoms with Gasteiger partial charge in [0.1, 0.15) is 36.8 Å². The van der Waals surface area contributed by atoms with E-state index in [2.05, 4.69) is 4.74 Å². The fraction of sp³-hybridized carbons (Fsp3) is 0.643. The van der Waals surface area contributed by atoms with Crippen molar-refractivity contribution in [3.05, 3.63) is 17.9 Å². The zero-order valence-corrected chi connectivity index (χ0v) is 12.9. The quantitative estimate of drug-likeness (QED) is 0.478. The fourth-order valence-corrected chi connectivity index (χ4v) is 2.09. The molecule has 0 amide bonds. The highest BCUT2D eigenvalue weighted by Crippen LogP contribution is 2.24. The van der Waals surface area contributed by atoms with Crippen LogP contribution < -0.4 is 4.74 Å². The smallest absolute Gasteiger partial charge is 0.434 e. The molecular formula is C14H20O10. The molecule has 0 saturated carbocycles. The van der Waals surface area contributed by atoms with E-state index < -0.39 is 43.5 Å². The van der Waals surface area contributed by atoms with Crippen molar-refractivity contribution < 1.29 is 48.6 Å². The van der Waals surface area contributed by atoms with Gasteiger partial charge < -0.3 is 43.8 Å². The minimum atomic E-state index is -1.53. The first-order chi connectivity index (χ1) is 11.5. The van der Waals surface area contributed by atoms with Crippen molar-refractivity contribution in [2.45, 2.75) is 44.2 Å². The first-order valence-corrected chi connectivity index (χ1v) is 7.31. The van der Waals surface area contributed by atoms with Gasteiger partial charge in [-0.15, -0.1) is 0 Å². The molecule has 10 heteroatoms. The Morgan fingerprint density at radius 1 is 1.21 bits per heavy atom. The van der Waals surface area contributed by atoms with Gasteiger partial charge in [0.15, 0.2) is 6.29 Å². The van der Waals surface area contributed by atoms with E-state index in [0.29, 0.717) is 0 Å². The second kappa shape index (κ2) is 8.42. The molecule has 4 N–H and O–H groups in total. The highest BCUT2D eigenvalue weighted by molar-refractivity contribution is 5.62. The van der Waals surface area contributed by atoms with E-state index >= 15 is 0 Å². The van der Waals surface area contributed by atoms with Gasteiger partial charge in [0, 0.05) is 6.07 Å². The van der Waals surface area contributed by atoms with Crippen molar-refractivity contribution in [3.63, 3.8) is 0 Å². The molecule has 1 saturated heterocycles. The number of aliphatic hydroxyl groups excluding tert-OH is 4. The van der Waals surface area contributed by atoms with Crippen LogP contribution in [0.2, 0.25) is 0 Å². The molecule has 0 unspecified atom stereocenters. The molecule has 1 aromatic rings. The lowest BCUT2D eigenvalue weighted by Crippen LogP contribution is -2.59. The average Bonchev–Trinajstić information content (AvgIpc) is 2.99. The van der Waals surface area contributed by atoms with E-state index in [1.54, 1.807) is 6.92 Å². The van der Waals surface area contributed by atoms with Gasteiger partial charge in [-0.3, -0.25) is 0 Å². The monoisotopic (exact) mass is 348 g/mol. The van der Waals surface area contributed by atoms with Crippen LogP contribution in [0, 0.1) is 0 Å². The summed E-state index contributed by atoms with van der Waals surface area (Å²) in [5, 5.41) is 38.2. The highest BCUT2D eigenvalue weighted by Gasteiger charge is 2.44. The van der Waals surface area contributed by atoms with Gasteiger partial charge in [-0.1, -0.05) is 0 Å². The predicted molar refractivity (Wildman–Crippen MR) is 74.9 cm³/mol. The average molecular weight is 348 g/mol. The second-order valence-corrected chi connectivity index (χ2v) is 5.01. The standard InChI is InChI=1S/C14H20O10/c1-2-20-14(19)24-9-4-3-7(22-9)6-21-13-12(18)11(17)10(16)8(5-15)23-13/h3-4,8,10-13,15-18H,2,5-6H2,1H3/t8-,10-,11+,12-,13+/m1/s1. The summed E-state index contributed by atoms with van der Waals surface area (Å²) in [4.78, 5) is 11.1. The zero-order valence-electron chi connectivity index (χ0n) is 12.9. The first-order valence-electron chi connectivity index (χ1n) is 7.31. The summed E-state index contributed by atoms with van der Waals surface area (Å²) >= 11 is 0. The van der Waals surface area contributed by atoms with Crippen LogP contribution in [-0.4, -0.2) is 70.5 Å². The number of hydrogen-bond donors (Lipinski definition) is 4. The lowest BCUT2D eigenvalue weighted by molar-refractivity contribution is -0.304. The highest BCUT2D eigenvalue weighted by atomic mass is 16.8. The van der Waals surface area contributed by atoms with Crippen LogP contribution in [-0.2, 0) is 20.8 Å². The summed E-state index contributed by atoms with van der Waals surface area (Å²) in [5.41, 5.74) is 0. The topological polar surface area (TPSA) is 148 Å². The van der Waals surface area contributed by atoms with Crippen molar-refractivity contribution in [2.24, 2.45) is 0 Å². The third-order valence-corrected chi connectivity index (χ3v) is 3.32. The molecule has 1 fully saturated rings. The van der Waals surface area contributed by atoms with Crippen LogP contribution in [0.1, 0.15) is 12.7 Å². The minimum absolute atomic E-state index is 0.0964.